The second kappa shape index (κ2) is 1.16. The zero-order valence-corrected chi connectivity index (χ0v) is 4.89. The predicted molar refractivity (Wildman–Crippen MR) is 31.7 cm³/mol. The SMILES string of the molecule is C=C[C@]12CCC[C@H]1O2. The van der Waals surface area contributed by atoms with Gasteiger partial charge in [-0.15, -0.1) is 6.58 Å². The van der Waals surface area contributed by atoms with Gasteiger partial charge in [0.2, 0.25) is 0 Å². The fourth-order valence-corrected chi connectivity index (χ4v) is 1.60. The monoisotopic (exact) mass is 110 g/mol. The Bertz CT molecular complexity index is 130. The van der Waals surface area contributed by atoms with Crippen molar-refractivity contribution in [3.8, 4) is 0 Å². The molecular weight excluding hydrogens is 100 g/mol. The molecule has 2 atom stereocenters. The summed E-state index contributed by atoms with van der Waals surface area (Å²) in [6.07, 6.45) is 6.31. The van der Waals surface area contributed by atoms with E-state index in [1.165, 1.54) is 19.3 Å². The van der Waals surface area contributed by atoms with E-state index in [0.717, 1.165) is 0 Å². The standard InChI is InChI=1S/C7H10O/c1-2-7-5-3-4-6(7)8-7/h2,6H,1,3-5H2/t6-,7+/m1/s1. The van der Waals surface area contributed by atoms with Crippen molar-refractivity contribution in [3.05, 3.63) is 12.7 Å². The van der Waals surface area contributed by atoms with Gasteiger partial charge in [0.15, 0.2) is 0 Å². The van der Waals surface area contributed by atoms with Gasteiger partial charge in [0, 0.05) is 0 Å². The summed E-state index contributed by atoms with van der Waals surface area (Å²) in [7, 11) is 0. The third-order valence-corrected chi connectivity index (χ3v) is 2.23. The quantitative estimate of drug-likeness (QED) is 0.368. The van der Waals surface area contributed by atoms with Gasteiger partial charge in [-0.25, -0.2) is 0 Å². The third kappa shape index (κ3) is 0.360. The summed E-state index contributed by atoms with van der Waals surface area (Å²) in [5.41, 5.74) is 0.167. The van der Waals surface area contributed by atoms with Crippen molar-refractivity contribution in [2.24, 2.45) is 0 Å². The summed E-state index contributed by atoms with van der Waals surface area (Å²) in [6, 6.07) is 0. The van der Waals surface area contributed by atoms with Gasteiger partial charge in [-0.1, -0.05) is 6.08 Å². The molecule has 0 bridgehead atoms. The Kier molecular flexibility index (Phi) is 0.662. The second-order valence-electron chi connectivity index (χ2n) is 2.66. The van der Waals surface area contributed by atoms with E-state index in [2.05, 4.69) is 6.58 Å². The van der Waals surface area contributed by atoms with Crippen LogP contribution in [0.2, 0.25) is 0 Å². The number of hydrogen-bond donors (Lipinski definition) is 0. The van der Waals surface area contributed by atoms with Crippen LogP contribution in [0, 0.1) is 0 Å². The molecule has 1 heterocycles. The van der Waals surface area contributed by atoms with Crippen molar-refractivity contribution in [2.75, 3.05) is 0 Å². The molecule has 0 aromatic heterocycles. The summed E-state index contributed by atoms with van der Waals surface area (Å²) in [6.45, 7) is 3.73. The van der Waals surface area contributed by atoms with E-state index in [-0.39, 0.29) is 5.60 Å². The average Bonchev–Trinajstić information content (AvgIpc) is 2.38. The van der Waals surface area contributed by atoms with E-state index >= 15 is 0 Å². The minimum atomic E-state index is 0.167. The molecule has 1 nitrogen and oxygen atoms in total. The summed E-state index contributed by atoms with van der Waals surface area (Å²) >= 11 is 0. The Morgan fingerprint density at radius 3 is 2.88 bits per heavy atom. The molecule has 1 saturated heterocycles. The van der Waals surface area contributed by atoms with Crippen LogP contribution in [0.1, 0.15) is 19.3 Å². The van der Waals surface area contributed by atoms with Crippen LogP contribution in [0.4, 0.5) is 0 Å². The van der Waals surface area contributed by atoms with Crippen molar-refractivity contribution in [3.63, 3.8) is 0 Å². The van der Waals surface area contributed by atoms with Crippen LogP contribution in [-0.2, 0) is 4.74 Å². The highest BCUT2D eigenvalue weighted by Gasteiger charge is 2.56. The van der Waals surface area contributed by atoms with E-state index in [1.807, 2.05) is 6.08 Å². The molecule has 8 heavy (non-hydrogen) atoms. The van der Waals surface area contributed by atoms with Crippen LogP contribution >= 0.6 is 0 Å². The average molecular weight is 110 g/mol. The Hall–Kier alpha value is -0.300. The van der Waals surface area contributed by atoms with E-state index in [1.54, 1.807) is 0 Å². The zero-order valence-electron chi connectivity index (χ0n) is 4.89. The second-order valence-corrected chi connectivity index (χ2v) is 2.66. The van der Waals surface area contributed by atoms with Crippen molar-refractivity contribution < 1.29 is 4.74 Å². The molecule has 0 aromatic rings. The van der Waals surface area contributed by atoms with Gasteiger partial charge in [0.25, 0.3) is 0 Å². The molecule has 0 amide bonds. The maximum absolute atomic E-state index is 5.37. The van der Waals surface area contributed by atoms with Crippen LogP contribution < -0.4 is 0 Å². The minimum Gasteiger partial charge on any atom is -0.362 e. The molecule has 2 rings (SSSR count). The van der Waals surface area contributed by atoms with Gasteiger partial charge in [-0.3, -0.25) is 0 Å². The maximum atomic E-state index is 5.37. The first-order valence-corrected chi connectivity index (χ1v) is 3.19. The first-order chi connectivity index (χ1) is 3.87. The van der Waals surface area contributed by atoms with Gasteiger partial charge < -0.3 is 4.74 Å². The lowest BCUT2D eigenvalue weighted by Gasteiger charge is -1.95. The Balaban J connectivity index is 2.18. The highest BCUT2D eigenvalue weighted by molar-refractivity contribution is 5.17. The van der Waals surface area contributed by atoms with Crippen molar-refractivity contribution in [1.29, 1.82) is 0 Å². The molecule has 2 fully saturated rings. The smallest absolute Gasteiger partial charge is 0.113 e. The van der Waals surface area contributed by atoms with Gasteiger partial charge >= 0.3 is 0 Å². The fourth-order valence-electron chi connectivity index (χ4n) is 1.60. The molecule has 0 N–H and O–H groups in total. The molecule has 2 aliphatic rings. The first-order valence-electron chi connectivity index (χ1n) is 3.19. The molecule has 0 unspecified atom stereocenters. The molecule has 44 valence electrons. The molecule has 0 aromatic carbocycles. The van der Waals surface area contributed by atoms with Crippen LogP contribution in [0.5, 0.6) is 0 Å². The van der Waals surface area contributed by atoms with Crippen LogP contribution in [-0.4, -0.2) is 11.7 Å². The van der Waals surface area contributed by atoms with Crippen molar-refractivity contribution >= 4 is 0 Å². The molecule has 1 heteroatoms. The van der Waals surface area contributed by atoms with E-state index < -0.39 is 0 Å². The van der Waals surface area contributed by atoms with Gasteiger partial charge in [0.05, 0.1) is 6.10 Å². The Morgan fingerprint density at radius 1 is 1.75 bits per heavy atom. The summed E-state index contributed by atoms with van der Waals surface area (Å²) in [5.74, 6) is 0. The maximum Gasteiger partial charge on any atom is 0.113 e. The topological polar surface area (TPSA) is 12.5 Å². The molecular formula is C7H10O. The first kappa shape index (κ1) is 4.57. The largest absolute Gasteiger partial charge is 0.362 e. The van der Waals surface area contributed by atoms with Crippen molar-refractivity contribution in [1.82, 2.24) is 0 Å². The number of hydrogen-bond acceptors (Lipinski definition) is 1. The van der Waals surface area contributed by atoms with Crippen LogP contribution in [0.25, 0.3) is 0 Å². The Labute approximate surface area is 49.3 Å². The van der Waals surface area contributed by atoms with E-state index in [9.17, 15) is 0 Å². The van der Waals surface area contributed by atoms with E-state index in [4.69, 9.17) is 4.74 Å². The molecule has 1 aliphatic carbocycles. The lowest BCUT2D eigenvalue weighted by Crippen LogP contribution is -2.02. The fraction of sp³-hybridized carbons (Fsp3) is 0.714. The molecule has 1 aliphatic heterocycles. The number of rotatable bonds is 1. The zero-order chi connectivity index (χ0) is 5.61. The molecule has 1 saturated carbocycles. The van der Waals surface area contributed by atoms with Crippen LogP contribution in [0.3, 0.4) is 0 Å². The number of epoxide rings is 1. The summed E-state index contributed by atoms with van der Waals surface area (Å²) in [4.78, 5) is 0. The number of fused-ring (bicyclic) bond motifs is 1. The highest BCUT2D eigenvalue weighted by Crippen LogP contribution is 2.50. The summed E-state index contributed by atoms with van der Waals surface area (Å²) < 4.78 is 5.37. The molecule has 0 radical (unpaired) electrons. The van der Waals surface area contributed by atoms with Gasteiger partial charge in [-0.05, 0) is 19.3 Å². The summed E-state index contributed by atoms with van der Waals surface area (Å²) in [5, 5.41) is 0. The van der Waals surface area contributed by atoms with Gasteiger partial charge in [-0.2, -0.15) is 0 Å². The highest BCUT2D eigenvalue weighted by atomic mass is 16.6. The van der Waals surface area contributed by atoms with Crippen LogP contribution in [0.15, 0.2) is 12.7 Å². The number of ether oxygens (including phenoxy) is 1. The van der Waals surface area contributed by atoms with Crippen molar-refractivity contribution in [2.45, 2.75) is 31.0 Å². The minimum absolute atomic E-state index is 0.167. The predicted octanol–water partition coefficient (Wildman–Crippen LogP) is 1.49. The third-order valence-electron chi connectivity index (χ3n) is 2.23. The lowest BCUT2D eigenvalue weighted by molar-refractivity contribution is 0.284. The lowest BCUT2D eigenvalue weighted by atomic mass is 10.1. The van der Waals surface area contributed by atoms with Gasteiger partial charge in [0.1, 0.15) is 5.60 Å². The Morgan fingerprint density at radius 2 is 2.62 bits per heavy atom. The molecule has 0 spiro atoms. The normalized spacial score (nSPS) is 50.8. The van der Waals surface area contributed by atoms with E-state index in [0.29, 0.717) is 6.10 Å².